The average molecular weight is 279 g/mol. The average Bonchev–Trinajstić information content (AvgIpc) is 2.90. The number of imidazole rings is 1. The summed E-state index contributed by atoms with van der Waals surface area (Å²) in [5.74, 6) is -0.0181. The fraction of sp³-hybridized carbons (Fsp3) is 0.176. The SMILES string of the molecule is CCn1cnc2cc(NC(=O)Cc3ccccc3)ccc21. The maximum Gasteiger partial charge on any atom is 0.228 e. The number of fused-ring (bicyclic) bond motifs is 1. The second kappa shape index (κ2) is 5.79. The van der Waals surface area contributed by atoms with Gasteiger partial charge in [-0.15, -0.1) is 0 Å². The highest BCUT2D eigenvalue weighted by atomic mass is 16.1. The zero-order chi connectivity index (χ0) is 14.7. The summed E-state index contributed by atoms with van der Waals surface area (Å²) in [6.07, 6.45) is 2.20. The number of aryl methyl sites for hydroxylation is 1. The maximum atomic E-state index is 12.0. The van der Waals surface area contributed by atoms with Gasteiger partial charge in [-0.3, -0.25) is 4.79 Å². The van der Waals surface area contributed by atoms with Gasteiger partial charge in [0.05, 0.1) is 23.8 Å². The van der Waals surface area contributed by atoms with Crippen molar-refractivity contribution in [3.05, 3.63) is 60.4 Å². The number of anilines is 1. The van der Waals surface area contributed by atoms with Gasteiger partial charge in [0.2, 0.25) is 5.91 Å². The number of benzene rings is 2. The van der Waals surface area contributed by atoms with E-state index in [-0.39, 0.29) is 5.91 Å². The second-order valence-corrected chi connectivity index (χ2v) is 4.94. The Hall–Kier alpha value is -2.62. The molecule has 0 aliphatic heterocycles. The molecule has 0 unspecified atom stereocenters. The molecule has 0 spiro atoms. The van der Waals surface area contributed by atoms with Crippen molar-refractivity contribution in [2.75, 3.05) is 5.32 Å². The van der Waals surface area contributed by atoms with E-state index in [0.717, 1.165) is 28.8 Å². The molecular formula is C17H17N3O. The number of nitrogens with one attached hydrogen (secondary N) is 1. The molecule has 4 nitrogen and oxygen atoms in total. The molecule has 1 N–H and O–H groups in total. The van der Waals surface area contributed by atoms with Gasteiger partial charge < -0.3 is 9.88 Å². The lowest BCUT2D eigenvalue weighted by Gasteiger charge is -2.06. The molecule has 1 aromatic heterocycles. The number of carbonyl (C=O) groups is 1. The Bertz CT molecular complexity index is 762. The van der Waals surface area contributed by atoms with E-state index in [4.69, 9.17) is 0 Å². The summed E-state index contributed by atoms with van der Waals surface area (Å²) in [6.45, 7) is 2.97. The first-order valence-electron chi connectivity index (χ1n) is 7.05. The van der Waals surface area contributed by atoms with Crippen LogP contribution in [0.25, 0.3) is 11.0 Å². The number of carbonyl (C=O) groups excluding carboxylic acids is 1. The van der Waals surface area contributed by atoms with Crippen LogP contribution in [-0.2, 0) is 17.8 Å². The number of nitrogens with zero attached hydrogens (tertiary/aromatic N) is 2. The fourth-order valence-electron chi connectivity index (χ4n) is 2.38. The number of hydrogen-bond donors (Lipinski definition) is 1. The first kappa shape index (κ1) is 13.4. The Labute approximate surface area is 123 Å². The third kappa shape index (κ3) is 2.94. The molecule has 0 bridgehead atoms. The molecule has 0 saturated heterocycles. The Kier molecular flexibility index (Phi) is 3.69. The molecule has 0 atom stereocenters. The van der Waals surface area contributed by atoms with Crippen molar-refractivity contribution in [3.8, 4) is 0 Å². The zero-order valence-corrected chi connectivity index (χ0v) is 11.9. The predicted molar refractivity (Wildman–Crippen MR) is 84.2 cm³/mol. The Morgan fingerprint density at radius 3 is 2.76 bits per heavy atom. The summed E-state index contributed by atoms with van der Waals surface area (Å²) in [4.78, 5) is 16.4. The van der Waals surface area contributed by atoms with Crippen LogP contribution in [0, 0.1) is 0 Å². The minimum Gasteiger partial charge on any atom is -0.331 e. The number of amides is 1. The molecule has 1 heterocycles. The Morgan fingerprint density at radius 2 is 2.00 bits per heavy atom. The quantitative estimate of drug-likeness (QED) is 0.797. The molecule has 3 aromatic rings. The van der Waals surface area contributed by atoms with E-state index < -0.39 is 0 Å². The molecule has 0 radical (unpaired) electrons. The van der Waals surface area contributed by atoms with Crippen LogP contribution < -0.4 is 5.32 Å². The highest BCUT2D eigenvalue weighted by molar-refractivity contribution is 5.94. The van der Waals surface area contributed by atoms with Gasteiger partial charge in [-0.2, -0.15) is 0 Å². The van der Waals surface area contributed by atoms with Gasteiger partial charge in [-0.25, -0.2) is 4.98 Å². The number of rotatable bonds is 4. The molecule has 0 aliphatic carbocycles. The molecular weight excluding hydrogens is 262 g/mol. The maximum absolute atomic E-state index is 12.0. The van der Waals surface area contributed by atoms with Crippen molar-refractivity contribution in [1.29, 1.82) is 0 Å². The van der Waals surface area contributed by atoms with Crippen LogP contribution in [-0.4, -0.2) is 15.5 Å². The van der Waals surface area contributed by atoms with Crippen LogP contribution in [0.3, 0.4) is 0 Å². The smallest absolute Gasteiger partial charge is 0.228 e. The standard InChI is InChI=1S/C17H17N3O/c1-2-20-12-18-15-11-14(8-9-16(15)20)19-17(21)10-13-6-4-3-5-7-13/h3-9,11-12H,2,10H2,1H3,(H,19,21). The van der Waals surface area contributed by atoms with Crippen LogP contribution in [0.2, 0.25) is 0 Å². The summed E-state index contributed by atoms with van der Waals surface area (Å²) in [5.41, 5.74) is 3.77. The van der Waals surface area contributed by atoms with Crippen LogP contribution >= 0.6 is 0 Å². The minimum absolute atomic E-state index is 0.0181. The molecule has 3 rings (SSSR count). The molecule has 2 aromatic carbocycles. The molecule has 0 aliphatic rings. The zero-order valence-electron chi connectivity index (χ0n) is 11.9. The molecule has 106 valence electrons. The van der Waals surface area contributed by atoms with Crippen molar-refractivity contribution in [2.24, 2.45) is 0 Å². The van der Waals surface area contributed by atoms with Crippen LogP contribution in [0.5, 0.6) is 0 Å². The summed E-state index contributed by atoms with van der Waals surface area (Å²) in [7, 11) is 0. The third-order valence-corrected chi connectivity index (χ3v) is 3.45. The Balaban J connectivity index is 1.74. The lowest BCUT2D eigenvalue weighted by atomic mass is 10.1. The van der Waals surface area contributed by atoms with E-state index in [0.29, 0.717) is 6.42 Å². The highest BCUT2D eigenvalue weighted by Crippen LogP contribution is 2.18. The summed E-state index contributed by atoms with van der Waals surface area (Å²) < 4.78 is 2.07. The van der Waals surface area contributed by atoms with Gasteiger partial charge in [0, 0.05) is 12.2 Å². The van der Waals surface area contributed by atoms with Crippen molar-refractivity contribution in [3.63, 3.8) is 0 Å². The predicted octanol–water partition coefficient (Wildman–Crippen LogP) is 3.24. The topological polar surface area (TPSA) is 46.9 Å². The fourth-order valence-corrected chi connectivity index (χ4v) is 2.38. The summed E-state index contributed by atoms with van der Waals surface area (Å²) in [6, 6.07) is 15.5. The van der Waals surface area contributed by atoms with Gasteiger partial charge in [0.1, 0.15) is 0 Å². The van der Waals surface area contributed by atoms with Crippen molar-refractivity contribution in [1.82, 2.24) is 9.55 Å². The number of aromatic nitrogens is 2. The van der Waals surface area contributed by atoms with Crippen molar-refractivity contribution in [2.45, 2.75) is 19.9 Å². The van der Waals surface area contributed by atoms with Gasteiger partial charge in [-0.1, -0.05) is 30.3 Å². The first-order chi connectivity index (χ1) is 10.3. The summed E-state index contributed by atoms with van der Waals surface area (Å²) >= 11 is 0. The van der Waals surface area contributed by atoms with E-state index in [1.807, 2.05) is 54.9 Å². The highest BCUT2D eigenvalue weighted by Gasteiger charge is 2.06. The molecule has 21 heavy (non-hydrogen) atoms. The van der Waals surface area contributed by atoms with Gasteiger partial charge in [-0.05, 0) is 30.7 Å². The van der Waals surface area contributed by atoms with E-state index in [1.165, 1.54) is 0 Å². The minimum atomic E-state index is -0.0181. The molecule has 0 fully saturated rings. The second-order valence-electron chi connectivity index (χ2n) is 4.94. The van der Waals surface area contributed by atoms with E-state index in [2.05, 4.69) is 21.8 Å². The van der Waals surface area contributed by atoms with E-state index in [9.17, 15) is 4.79 Å². The van der Waals surface area contributed by atoms with E-state index >= 15 is 0 Å². The van der Waals surface area contributed by atoms with Crippen molar-refractivity contribution < 1.29 is 4.79 Å². The van der Waals surface area contributed by atoms with E-state index in [1.54, 1.807) is 0 Å². The van der Waals surface area contributed by atoms with Crippen LogP contribution in [0.1, 0.15) is 12.5 Å². The van der Waals surface area contributed by atoms with Crippen LogP contribution in [0.4, 0.5) is 5.69 Å². The molecule has 4 heteroatoms. The normalized spacial score (nSPS) is 10.7. The monoisotopic (exact) mass is 279 g/mol. The summed E-state index contributed by atoms with van der Waals surface area (Å²) in [5, 5.41) is 2.92. The Morgan fingerprint density at radius 1 is 1.19 bits per heavy atom. The largest absolute Gasteiger partial charge is 0.331 e. The lowest BCUT2D eigenvalue weighted by Crippen LogP contribution is -2.14. The first-order valence-corrected chi connectivity index (χ1v) is 7.05. The molecule has 0 saturated carbocycles. The number of hydrogen-bond acceptors (Lipinski definition) is 2. The lowest BCUT2D eigenvalue weighted by molar-refractivity contribution is -0.115. The van der Waals surface area contributed by atoms with Gasteiger partial charge in [0.15, 0.2) is 0 Å². The van der Waals surface area contributed by atoms with Crippen LogP contribution in [0.15, 0.2) is 54.9 Å². The third-order valence-electron chi connectivity index (χ3n) is 3.45. The molecule has 1 amide bonds. The van der Waals surface area contributed by atoms with Gasteiger partial charge in [0.25, 0.3) is 0 Å². The van der Waals surface area contributed by atoms with Crippen molar-refractivity contribution >= 4 is 22.6 Å². The van der Waals surface area contributed by atoms with Gasteiger partial charge >= 0.3 is 0 Å².